The van der Waals surface area contributed by atoms with Gasteiger partial charge in [-0.25, -0.2) is 22.7 Å². The molecule has 0 bridgehead atoms. The number of hydrogen-bond acceptors (Lipinski definition) is 6. The predicted molar refractivity (Wildman–Crippen MR) is 93.1 cm³/mol. The third-order valence-electron chi connectivity index (χ3n) is 3.76. The summed E-state index contributed by atoms with van der Waals surface area (Å²) in [6.07, 6.45) is 10.7. The molecule has 0 spiro atoms. The van der Waals surface area contributed by atoms with Crippen molar-refractivity contribution >= 4 is 22.0 Å². The number of carbonyl (C=O) groups excluding carboxylic acids is 1. The first-order chi connectivity index (χ1) is 12.6. The van der Waals surface area contributed by atoms with Crippen LogP contribution in [-0.4, -0.2) is 36.2 Å². The van der Waals surface area contributed by atoms with E-state index >= 15 is 0 Å². The van der Waals surface area contributed by atoms with E-state index in [-0.39, 0.29) is 4.90 Å². The van der Waals surface area contributed by atoms with Crippen molar-refractivity contribution < 1.29 is 22.8 Å². The van der Waals surface area contributed by atoms with Gasteiger partial charge in [0.1, 0.15) is 4.90 Å². The van der Waals surface area contributed by atoms with Gasteiger partial charge in [0, 0.05) is 43.9 Å². The van der Waals surface area contributed by atoms with Crippen molar-refractivity contribution in [2.75, 3.05) is 6.61 Å². The van der Waals surface area contributed by atoms with Crippen LogP contribution in [0.5, 0.6) is 0 Å². The standard InChI is InChI=1S/C17H19N3O5S/c21-16(19-25-17-5-1-2-11-24-17)7-6-14-8-10-20(13-14)26(22,23)15-4-3-9-18-12-15/h3-4,6-10,12-13,17H,1-2,5,11H2,(H,19,21). The number of rotatable bonds is 6. The van der Waals surface area contributed by atoms with Crippen LogP contribution in [0.4, 0.5) is 0 Å². The Morgan fingerprint density at radius 2 is 2.27 bits per heavy atom. The zero-order valence-electron chi connectivity index (χ0n) is 13.9. The van der Waals surface area contributed by atoms with Crippen molar-refractivity contribution in [3.8, 4) is 0 Å². The summed E-state index contributed by atoms with van der Waals surface area (Å²) in [6.45, 7) is 0.620. The predicted octanol–water partition coefficient (Wildman–Crippen LogP) is 1.71. The van der Waals surface area contributed by atoms with Gasteiger partial charge in [0.05, 0.1) is 0 Å². The van der Waals surface area contributed by atoms with Crippen LogP contribution >= 0.6 is 0 Å². The third kappa shape index (κ3) is 4.57. The van der Waals surface area contributed by atoms with E-state index in [1.165, 1.54) is 43.0 Å². The van der Waals surface area contributed by atoms with E-state index in [0.29, 0.717) is 12.2 Å². The van der Waals surface area contributed by atoms with Gasteiger partial charge in [0.2, 0.25) is 0 Å². The summed E-state index contributed by atoms with van der Waals surface area (Å²) in [5.74, 6) is -0.456. The van der Waals surface area contributed by atoms with E-state index in [1.54, 1.807) is 12.1 Å². The third-order valence-corrected chi connectivity index (χ3v) is 5.38. The minimum absolute atomic E-state index is 0.0877. The van der Waals surface area contributed by atoms with Crippen LogP contribution in [0.2, 0.25) is 0 Å². The number of hydrogen-bond donors (Lipinski definition) is 1. The maximum absolute atomic E-state index is 12.4. The molecule has 1 atom stereocenters. The van der Waals surface area contributed by atoms with Crippen LogP contribution in [0.3, 0.4) is 0 Å². The second-order valence-electron chi connectivity index (χ2n) is 5.68. The molecular formula is C17H19N3O5S. The molecule has 1 amide bonds. The highest BCUT2D eigenvalue weighted by Gasteiger charge is 2.17. The Bertz CT molecular complexity index is 871. The first-order valence-electron chi connectivity index (χ1n) is 8.14. The number of nitrogens with one attached hydrogen (secondary N) is 1. The van der Waals surface area contributed by atoms with E-state index in [9.17, 15) is 13.2 Å². The van der Waals surface area contributed by atoms with Crippen LogP contribution in [-0.2, 0) is 24.4 Å². The number of carbonyl (C=O) groups is 1. The highest BCUT2D eigenvalue weighted by Crippen LogP contribution is 2.15. The summed E-state index contributed by atoms with van der Waals surface area (Å²) in [5.41, 5.74) is 2.86. The molecule has 2 aromatic rings. The number of nitrogens with zero attached hydrogens (tertiary/aromatic N) is 2. The van der Waals surface area contributed by atoms with Gasteiger partial charge in [-0.05, 0) is 42.7 Å². The van der Waals surface area contributed by atoms with Crippen molar-refractivity contribution in [2.24, 2.45) is 0 Å². The van der Waals surface area contributed by atoms with Crippen molar-refractivity contribution in [1.29, 1.82) is 0 Å². The lowest BCUT2D eigenvalue weighted by Gasteiger charge is -2.21. The van der Waals surface area contributed by atoms with Crippen molar-refractivity contribution in [3.05, 3.63) is 54.6 Å². The lowest BCUT2D eigenvalue weighted by Crippen LogP contribution is -2.32. The van der Waals surface area contributed by atoms with Crippen LogP contribution in [0.1, 0.15) is 24.8 Å². The molecule has 1 N–H and O–H groups in total. The summed E-state index contributed by atoms with van der Waals surface area (Å²) in [7, 11) is -3.70. The van der Waals surface area contributed by atoms with Gasteiger partial charge in [-0.3, -0.25) is 9.78 Å². The molecule has 3 rings (SSSR count). The van der Waals surface area contributed by atoms with Crippen LogP contribution in [0, 0.1) is 0 Å². The Morgan fingerprint density at radius 3 is 3.00 bits per heavy atom. The molecular weight excluding hydrogens is 358 g/mol. The number of ether oxygens (including phenoxy) is 1. The van der Waals surface area contributed by atoms with Crippen LogP contribution < -0.4 is 5.48 Å². The van der Waals surface area contributed by atoms with Crippen molar-refractivity contribution in [3.63, 3.8) is 0 Å². The van der Waals surface area contributed by atoms with E-state index in [1.807, 2.05) is 0 Å². The molecule has 0 aromatic carbocycles. The molecule has 1 aliphatic rings. The molecule has 1 fully saturated rings. The fourth-order valence-electron chi connectivity index (χ4n) is 2.40. The van der Waals surface area contributed by atoms with E-state index in [4.69, 9.17) is 9.57 Å². The SMILES string of the molecule is O=C(C=Cc1ccn(S(=O)(=O)c2cccnc2)c1)NOC1CCCCO1. The first-order valence-corrected chi connectivity index (χ1v) is 9.58. The molecule has 3 heterocycles. The Morgan fingerprint density at radius 1 is 1.38 bits per heavy atom. The Balaban J connectivity index is 1.59. The fraction of sp³-hybridized carbons (Fsp3) is 0.294. The molecule has 0 saturated carbocycles. The van der Waals surface area contributed by atoms with Gasteiger partial charge in [-0.2, -0.15) is 0 Å². The molecule has 26 heavy (non-hydrogen) atoms. The lowest BCUT2D eigenvalue weighted by atomic mass is 10.2. The van der Waals surface area contributed by atoms with Crippen LogP contribution in [0.15, 0.2) is 54.0 Å². The molecule has 1 saturated heterocycles. The Labute approximate surface area is 151 Å². The van der Waals surface area contributed by atoms with E-state index in [2.05, 4.69) is 10.5 Å². The average molecular weight is 377 g/mol. The second-order valence-corrected chi connectivity index (χ2v) is 7.53. The van der Waals surface area contributed by atoms with Gasteiger partial charge in [0.15, 0.2) is 6.29 Å². The zero-order valence-corrected chi connectivity index (χ0v) is 14.8. The van der Waals surface area contributed by atoms with Gasteiger partial charge in [-0.15, -0.1) is 0 Å². The molecule has 1 aliphatic heterocycles. The summed E-state index contributed by atoms with van der Waals surface area (Å²) < 4.78 is 31.3. The molecule has 0 aliphatic carbocycles. The highest BCUT2D eigenvalue weighted by atomic mass is 32.2. The molecule has 9 heteroatoms. The summed E-state index contributed by atoms with van der Waals surface area (Å²) in [6, 6.07) is 4.61. The second kappa shape index (κ2) is 8.26. The Hall–Kier alpha value is -2.49. The summed E-state index contributed by atoms with van der Waals surface area (Å²) in [4.78, 5) is 20.8. The summed E-state index contributed by atoms with van der Waals surface area (Å²) in [5, 5.41) is 0. The topological polar surface area (TPSA) is 99.5 Å². The molecule has 8 nitrogen and oxygen atoms in total. The van der Waals surface area contributed by atoms with Gasteiger partial charge >= 0.3 is 0 Å². The minimum Gasteiger partial charge on any atom is -0.350 e. The number of aromatic nitrogens is 2. The lowest BCUT2D eigenvalue weighted by molar-refractivity contribution is -0.198. The van der Waals surface area contributed by atoms with Crippen molar-refractivity contribution in [1.82, 2.24) is 14.4 Å². The maximum Gasteiger partial charge on any atom is 0.269 e. The molecule has 138 valence electrons. The number of amides is 1. The van der Waals surface area contributed by atoms with Crippen molar-refractivity contribution in [2.45, 2.75) is 30.4 Å². The Kier molecular flexibility index (Phi) is 5.82. The normalized spacial score (nSPS) is 18.1. The fourth-order valence-corrected chi connectivity index (χ4v) is 3.57. The van der Waals surface area contributed by atoms with E-state index in [0.717, 1.165) is 23.2 Å². The average Bonchev–Trinajstić information content (AvgIpc) is 3.16. The van der Waals surface area contributed by atoms with Crippen LogP contribution in [0.25, 0.3) is 6.08 Å². The smallest absolute Gasteiger partial charge is 0.269 e. The summed E-state index contributed by atoms with van der Waals surface area (Å²) >= 11 is 0. The van der Waals surface area contributed by atoms with Gasteiger partial charge in [-0.1, -0.05) is 0 Å². The number of hydroxylamine groups is 1. The maximum atomic E-state index is 12.4. The van der Waals surface area contributed by atoms with Gasteiger partial charge < -0.3 is 4.74 Å². The van der Waals surface area contributed by atoms with Gasteiger partial charge in [0.25, 0.3) is 15.9 Å². The van der Waals surface area contributed by atoms with E-state index < -0.39 is 22.2 Å². The largest absolute Gasteiger partial charge is 0.350 e. The number of pyridine rings is 1. The molecule has 2 aromatic heterocycles. The molecule has 0 radical (unpaired) electrons. The quantitative estimate of drug-likeness (QED) is 0.608. The highest BCUT2D eigenvalue weighted by molar-refractivity contribution is 7.90. The monoisotopic (exact) mass is 377 g/mol. The molecule has 1 unspecified atom stereocenters. The first kappa shape index (κ1) is 18.3. The zero-order chi connectivity index (χ0) is 18.4. The minimum atomic E-state index is -3.70.